The first-order chi connectivity index (χ1) is 11.1. The van der Waals surface area contributed by atoms with E-state index in [0.29, 0.717) is 15.8 Å². The van der Waals surface area contributed by atoms with Gasteiger partial charge in [0.05, 0.1) is 21.3 Å². The molecule has 1 heterocycles. The van der Waals surface area contributed by atoms with Gasteiger partial charge in [-0.3, -0.25) is 10.1 Å². The fraction of sp³-hybridized carbons (Fsp3) is 0. The highest BCUT2D eigenvalue weighted by Crippen LogP contribution is 2.31. The van der Waals surface area contributed by atoms with E-state index in [9.17, 15) is 4.79 Å². The van der Waals surface area contributed by atoms with Gasteiger partial charge in [-0.1, -0.05) is 59.1 Å². The maximum Gasteiger partial charge on any atom is 0.260 e. The molecule has 23 heavy (non-hydrogen) atoms. The number of hydrogen-bond acceptors (Lipinski definition) is 3. The fourth-order valence-electron chi connectivity index (χ4n) is 2.00. The molecule has 7 heteroatoms. The van der Waals surface area contributed by atoms with Gasteiger partial charge in [-0.2, -0.15) is 0 Å². The highest BCUT2D eigenvalue weighted by atomic mass is 35.5. The van der Waals surface area contributed by atoms with Crippen LogP contribution in [-0.2, 0) is 0 Å². The molecule has 0 aliphatic rings. The topological polar surface area (TPSA) is 42.0 Å². The van der Waals surface area contributed by atoms with Crippen molar-refractivity contribution >= 4 is 57.2 Å². The summed E-state index contributed by atoms with van der Waals surface area (Å²) >= 11 is 19.5. The minimum Gasteiger partial charge on any atom is -0.298 e. The van der Waals surface area contributed by atoms with Gasteiger partial charge in [0.2, 0.25) is 0 Å². The van der Waals surface area contributed by atoms with E-state index < -0.39 is 5.91 Å². The van der Waals surface area contributed by atoms with Crippen LogP contribution in [0.1, 0.15) is 10.4 Å². The third-order valence-electron chi connectivity index (χ3n) is 3.06. The molecule has 3 rings (SSSR count). The standard InChI is InChI=1S/C16H9Cl3N2OS/c17-10-5-2-1-4-9(10)13-8-23-16(20-13)21-15(22)14-11(18)6-3-7-12(14)19/h1-8H,(H,20,21,22). The van der Waals surface area contributed by atoms with Crippen molar-refractivity contribution in [2.75, 3.05) is 5.32 Å². The van der Waals surface area contributed by atoms with Crippen LogP contribution in [0, 0.1) is 0 Å². The summed E-state index contributed by atoms with van der Waals surface area (Å²) in [5.41, 5.74) is 1.73. The Labute approximate surface area is 151 Å². The first-order valence-electron chi connectivity index (χ1n) is 6.52. The summed E-state index contributed by atoms with van der Waals surface area (Å²) in [6, 6.07) is 12.3. The summed E-state index contributed by atoms with van der Waals surface area (Å²) < 4.78 is 0. The Morgan fingerprint density at radius 1 is 0.957 bits per heavy atom. The van der Waals surface area contributed by atoms with Crippen molar-refractivity contribution in [1.82, 2.24) is 4.98 Å². The van der Waals surface area contributed by atoms with Gasteiger partial charge in [0.15, 0.2) is 5.13 Å². The van der Waals surface area contributed by atoms with E-state index in [1.165, 1.54) is 11.3 Å². The van der Waals surface area contributed by atoms with Gasteiger partial charge in [0.25, 0.3) is 5.91 Å². The van der Waals surface area contributed by atoms with E-state index >= 15 is 0 Å². The summed E-state index contributed by atoms with van der Waals surface area (Å²) in [6.45, 7) is 0. The SMILES string of the molecule is O=C(Nc1nc(-c2ccccc2Cl)cs1)c1c(Cl)cccc1Cl. The maximum atomic E-state index is 12.3. The molecule has 1 amide bonds. The number of nitrogens with zero attached hydrogens (tertiary/aromatic N) is 1. The van der Waals surface area contributed by atoms with E-state index in [4.69, 9.17) is 34.8 Å². The first kappa shape index (κ1) is 16.3. The summed E-state index contributed by atoms with van der Waals surface area (Å²) in [7, 11) is 0. The maximum absolute atomic E-state index is 12.3. The molecule has 116 valence electrons. The normalized spacial score (nSPS) is 10.6. The van der Waals surface area contributed by atoms with E-state index in [1.54, 1.807) is 24.3 Å². The lowest BCUT2D eigenvalue weighted by molar-refractivity contribution is 0.102. The molecule has 0 unspecified atom stereocenters. The molecule has 0 spiro atoms. The molecule has 3 aromatic rings. The molecule has 1 aromatic heterocycles. The van der Waals surface area contributed by atoms with Crippen molar-refractivity contribution in [2.24, 2.45) is 0 Å². The number of carbonyl (C=O) groups is 1. The number of benzene rings is 2. The lowest BCUT2D eigenvalue weighted by Gasteiger charge is -2.06. The van der Waals surface area contributed by atoms with Crippen LogP contribution in [0.25, 0.3) is 11.3 Å². The van der Waals surface area contributed by atoms with Gasteiger partial charge in [-0.25, -0.2) is 4.98 Å². The van der Waals surface area contributed by atoms with Crippen molar-refractivity contribution in [2.45, 2.75) is 0 Å². The summed E-state index contributed by atoms with van der Waals surface area (Å²) in [4.78, 5) is 16.7. The number of thiazole rings is 1. The van der Waals surface area contributed by atoms with E-state index in [0.717, 1.165) is 5.56 Å². The Kier molecular flexibility index (Phi) is 4.87. The number of rotatable bonds is 3. The third kappa shape index (κ3) is 3.51. The highest BCUT2D eigenvalue weighted by molar-refractivity contribution is 7.14. The molecule has 0 aliphatic heterocycles. The van der Waals surface area contributed by atoms with Crippen LogP contribution in [0.3, 0.4) is 0 Å². The lowest BCUT2D eigenvalue weighted by atomic mass is 10.2. The minimum absolute atomic E-state index is 0.227. The van der Waals surface area contributed by atoms with Gasteiger partial charge < -0.3 is 0 Å². The highest BCUT2D eigenvalue weighted by Gasteiger charge is 2.16. The van der Waals surface area contributed by atoms with Gasteiger partial charge in [-0.05, 0) is 18.2 Å². The molecule has 0 atom stereocenters. The van der Waals surface area contributed by atoms with Crippen molar-refractivity contribution < 1.29 is 4.79 Å². The summed E-state index contributed by atoms with van der Waals surface area (Å²) in [5.74, 6) is -0.402. The number of carbonyl (C=O) groups excluding carboxylic acids is 1. The van der Waals surface area contributed by atoms with Crippen molar-refractivity contribution in [3.8, 4) is 11.3 Å². The van der Waals surface area contributed by atoms with E-state index in [1.807, 2.05) is 23.6 Å². The molecule has 0 bridgehead atoms. The van der Waals surface area contributed by atoms with Gasteiger partial charge in [0.1, 0.15) is 0 Å². The minimum atomic E-state index is -0.402. The van der Waals surface area contributed by atoms with Crippen molar-refractivity contribution in [3.05, 3.63) is 68.5 Å². The van der Waals surface area contributed by atoms with Crippen LogP contribution in [0.15, 0.2) is 47.8 Å². The zero-order valence-electron chi connectivity index (χ0n) is 11.5. The second-order valence-electron chi connectivity index (χ2n) is 4.57. The molecule has 0 aliphatic carbocycles. The van der Waals surface area contributed by atoms with Gasteiger partial charge in [0, 0.05) is 16.0 Å². The molecule has 0 fully saturated rings. The summed E-state index contributed by atoms with van der Waals surface area (Å²) in [5, 5.41) is 6.16. The van der Waals surface area contributed by atoms with Crippen LogP contribution in [0.5, 0.6) is 0 Å². The number of halogens is 3. The molecule has 2 aromatic carbocycles. The quantitative estimate of drug-likeness (QED) is 0.600. The van der Waals surface area contributed by atoms with Crippen LogP contribution < -0.4 is 5.32 Å². The largest absolute Gasteiger partial charge is 0.298 e. The van der Waals surface area contributed by atoms with Crippen LogP contribution in [-0.4, -0.2) is 10.9 Å². The van der Waals surface area contributed by atoms with E-state index in [-0.39, 0.29) is 15.6 Å². The Morgan fingerprint density at radius 3 is 2.30 bits per heavy atom. The number of hydrogen-bond donors (Lipinski definition) is 1. The number of aromatic nitrogens is 1. The monoisotopic (exact) mass is 382 g/mol. The van der Waals surface area contributed by atoms with Gasteiger partial charge in [-0.15, -0.1) is 11.3 Å². The van der Waals surface area contributed by atoms with Crippen LogP contribution >= 0.6 is 46.1 Å². The number of anilines is 1. The third-order valence-corrected chi connectivity index (χ3v) is 4.78. The average molecular weight is 384 g/mol. The van der Waals surface area contributed by atoms with Crippen molar-refractivity contribution in [3.63, 3.8) is 0 Å². The molecule has 0 saturated carbocycles. The smallest absolute Gasteiger partial charge is 0.260 e. The van der Waals surface area contributed by atoms with E-state index in [2.05, 4.69) is 10.3 Å². The second kappa shape index (κ2) is 6.89. The predicted molar refractivity (Wildman–Crippen MR) is 97.0 cm³/mol. The zero-order chi connectivity index (χ0) is 16.4. The Balaban J connectivity index is 1.85. The molecule has 1 N–H and O–H groups in total. The second-order valence-corrected chi connectivity index (χ2v) is 6.65. The molecule has 0 saturated heterocycles. The fourth-order valence-corrected chi connectivity index (χ4v) is 3.51. The van der Waals surface area contributed by atoms with Crippen LogP contribution in [0.4, 0.5) is 5.13 Å². The number of nitrogens with one attached hydrogen (secondary N) is 1. The molecular formula is C16H9Cl3N2OS. The lowest BCUT2D eigenvalue weighted by Crippen LogP contribution is -2.12. The predicted octanol–water partition coefficient (Wildman–Crippen LogP) is 6.02. The molecule has 3 nitrogen and oxygen atoms in total. The zero-order valence-corrected chi connectivity index (χ0v) is 14.6. The average Bonchev–Trinajstić information content (AvgIpc) is 2.95. The first-order valence-corrected chi connectivity index (χ1v) is 8.53. The Hall–Kier alpha value is -1.59. The van der Waals surface area contributed by atoms with Gasteiger partial charge >= 0.3 is 0 Å². The molecule has 0 radical (unpaired) electrons. The number of amides is 1. The molecular weight excluding hydrogens is 375 g/mol. The van der Waals surface area contributed by atoms with Crippen LogP contribution in [0.2, 0.25) is 15.1 Å². The Morgan fingerprint density at radius 2 is 1.61 bits per heavy atom. The van der Waals surface area contributed by atoms with Crippen molar-refractivity contribution in [1.29, 1.82) is 0 Å². The Bertz CT molecular complexity index is 859. The summed E-state index contributed by atoms with van der Waals surface area (Å²) in [6.07, 6.45) is 0.